The minimum Gasteiger partial charge on any atom is -0.0655 e. The van der Waals surface area contributed by atoms with Crippen molar-refractivity contribution in [1.82, 2.24) is 0 Å². The van der Waals surface area contributed by atoms with E-state index in [1.165, 1.54) is 38.6 Å². The highest BCUT2D eigenvalue weighted by atomic mass is 14.2. The minimum atomic E-state index is 0.537. The van der Waals surface area contributed by atoms with E-state index in [1.807, 2.05) is 0 Å². The van der Waals surface area contributed by atoms with Gasteiger partial charge in [-0.25, -0.2) is 0 Å². The van der Waals surface area contributed by atoms with Crippen LogP contribution in [0.15, 0.2) is 66.2 Å². The molecule has 102 valence electrons. The fourth-order valence-electron chi connectivity index (χ4n) is 3.41. The van der Waals surface area contributed by atoms with Gasteiger partial charge in [-0.15, -0.1) is 0 Å². The van der Waals surface area contributed by atoms with Crippen LogP contribution in [0.1, 0.15) is 30.9 Å². The van der Waals surface area contributed by atoms with Crippen LogP contribution in [0, 0.1) is 0 Å². The molecule has 0 spiro atoms. The molecule has 4 rings (SSSR count). The quantitative estimate of drug-likeness (QED) is 0.506. The summed E-state index contributed by atoms with van der Waals surface area (Å²) in [5, 5.41) is 2.64. The molecule has 0 fully saturated rings. The van der Waals surface area contributed by atoms with E-state index in [9.17, 15) is 0 Å². The molecule has 0 aliphatic heterocycles. The highest BCUT2D eigenvalue weighted by Gasteiger charge is 2.21. The fourth-order valence-corrected chi connectivity index (χ4v) is 3.41. The summed E-state index contributed by atoms with van der Waals surface area (Å²) in [4.78, 5) is 0. The Morgan fingerprint density at radius 2 is 1.48 bits per heavy atom. The first-order valence-corrected chi connectivity index (χ1v) is 7.55. The molecule has 0 saturated heterocycles. The lowest BCUT2D eigenvalue weighted by Gasteiger charge is -2.13. The van der Waals surface area contributed by atoms with E-state index >= 15 is 0 Å². The van der Waals surface area contributed by atoms with Gasteiger partial charge < -0.3 is 0 Å². The second-order valence-corrected chi connectivity index (χ2v) is 5.95. The summed E-state index contributed by atoms with van der Waals surface area (Å²) in [5.41, 5.74) is 7.01. The van der Waals surface area contributed by atoms with Crippen LogP contribution in [0.4, 0.5) is 0 Å². The maximum Gasteiger partial charge on any atom is 0.00265 e. The number of benzene rings is 3. The standard InChI is InChI=1S/C21H18/c1-14-13-21-17(15(14)2)10-6-12-20(21)19-11-5-8-16-7-3-4-9-18(16)19/h3-13,15H,1-2H3. The molecule has 1 aliphatic carbocycles. The molecule has 3 aromatic rings. The Balaban J connectivity index is 2.04. The van der Waals surface area contributed by atoms with Crippen LogP contribution >= 0.6 is 0 Å². The van der Waals surface area contributed by atoms with Gasteiger partial charge in [0.25, 0.3) is 0 Å². The summed E-state index contributed by atoms with van der Waals surface area (Å²) in [7, 11) is 0. The average Bonchev–Trinajstić information content (AvgIpc) is 2.82. The van der Waals surface area contributed by atoms with Crippen molar-refractivity contribution in [3.8, 4) is 11.1 Å². The van der Waals surface area contributed by atoms with E-state index in [-0.39, 0.29) is 0 Å². The van der Waals surface area contributed by atoms with E-state index in [1.54, 1.807) is 0 Å². The van der Waals surface area contributed by atoms with Crippen LogP contribution in [-0.4, -0.2) is 0 Å². The summed E-state index contributed by atoms with van der Waals surface area (Å²) in [6.07, 6.45) is 2.36. The summed E-state index contributed by atoms with van der Waals surface area (Å²) in [6, 6.07) is 21.9. The monoisotopic (exact) mass is 270 g/mol. The zero-order valence-corrected chi connectivity index (χ0v) is 12.4. The molecule has 1 aliphatic rings. The molecule has 0 heterocycles. The molecular weight excluding hydrogens is 252 g/mol. The Morgan fingerprint density at radius 3 is 2.38 bits per heavy atom. The topological polar surface area (TPSA) is 0 Å². The highest BCUT2D eigenvalue weighted by molar-refractivity contribution is 5.99. The third-order valence-electron chi connectivity index (χ3n) is 4.74. The Kier molecular flexibility index (Phi) is 2.71. The van der Waals surface area contributed by atoms with Gasteiger partial charge in [0.15, 0.2) is 0 Å². The maximum atomic E-state index is 2.36. The first-order valence-electron chi connectivity index (χ1n) is 7.55. The lowest BCUT2D eigenvalue weighted by atomic mass is 9.91. The van der Waals surface area contributed by atoms with Crippen LogP contribution in [0.5, 0.6) is 0 Å². The third kappa shape index (κ3) is 1.83. The number of fused-ring (bicyclic) bond motifs is 2. The van der Waals surface area contributed by atoms with Gasteiger partial charge in [-0.3, -0.25) is 0 Å². The predicted octanol–water partition coefficient (Wildman–Crippen LogP) is 6.03. The fraction of sp³-hybridized carbons (Fsp3) is 0.143. The van der Waals surface area contributed by atoms with Crippen molar-refractivity contribution in [2.75, 3.05) is 0 Å². The van der Waals surface area contributed by atoms with Gasteiger partial charge in [0.2, 0.25) is 0 Å². The van der Waals surface area contributed by atoms with Crippen LogP contribution in [0.25, 0.3) is 28.0 Å². The van der Waals surface area contributed by atoms with Gasteiger partial charge >= 0.3 is 0 Å². The molecular formula is C21H18. The van der Waals surface area contributed by atoms with Crippen molar-refractivity contribution < 1.29 is 0 Å². The largest absolute Gasteiger partial charge is 0.0655 e. The van der Waals surface area contributed by atoms with Gasteiger partial charge in [0, 0.05) is 5.92 Å². The summed E-state index contributed by atoms with van der Waals surface area (Å²) in [6.45, 7) is 4.53. The third-order valence-corrected chi connectivity index (χ3v) is 4.74. The maximum absolute atomic E-state index is 2.36. The van der Waals surface area contributed by atoms with Gasteiger partial charge in [-0.2, -0.15) is 0 Å². The zero-order chi connectivity index (χ0) is 14.4. The SMILES string of the molecule is CC1=Cc2c(-c3cccc4ccccc34)cccc2C1C. The zero-order valence-electron chi connectivity index (χ0n) is 12.4. The van der Waals surface area contributed by atoms with Crippen molar-refractivity contribution in [3.63, 3.8) is 0 Å². The summed E-state index contributed by atoms with van der Waals surface area (Å²) >= 11 is 0. The molecule has 0 saturated carbocycles. The lowest BCUT2D eigenvalue weighted by Crippen LogP contribution is -1.92. The molecule has 1 atom stereocenters. The van der Waals surface area contributed by atoms with E-state index in [0.29, 0.717) is 5.92 Å². The second kappa shape index (κ2) is 4.60. The lowest BCUT2D eigenvalue weighted by molar-refractivity contribution is 0.922. The molecule has 0 bridgehead atoms. The minimum absolute atomic E-state index is 0.537. The van der Waals surface area contributed by atoms with Crippen molar-refractivity contribution in [1.29, 1.82) is 0 Å². The Bertz CT molecular complexity index is 863. The van der Waals surface area contributed by atoms with Crippen LogP contribution < -0.4 is 0 Å². The molecule has 21 heavy (non-hydrogen) atoms. The first-order chi connectivity index (χ1) is 10.3. The predicted molar refractivity (Wildman–Crippen MR) is 91.5 cm³/mol. The second-order valence-electron chi connectivity index (χ2n) is 5.95. The number of hydrogen-bond donors (Lipinski definition) is 0. The van der Waals surface area contributed by atoms with Crippen LogP contribution in [-0.2, 0) is 0 Å². The van der Waals surface area contributed by atoms with Crippen LogP contribution in [0.2, 0.25) is 0 Å². The van der Waals surface area contributed by atoms with E-state index in [2.05, 4.69) is 80.6 Å². The smallest absolute Gasteiger partial charge is 0.00265 e. The van der Waals surface area contributed by atoms with Gasteiger partial charge in [-0.1, -0.05) is 79.2 Å². The summed E-state index contributed by atoms with van der Waals surface area (Å²) in [5.74, 6) is 0.537. The molecule has 0 heteroatoms. The van der Waals surface area contributed by atoms with Gasteiger partial charge in [0.1, 0.15) is 0 Å². The molecule has 0 N–H and O–H groups in total. The van der Waals surface area contributed by atoms with Crippen molar-refractivity contribution in [2.45, 2.75) is 19.8 Å². The average molecular weight is 270 g/mol. The number of hydrogen-bond acceptors (Lipinski definition) is 0. The normalized spacial score (nSPS) is 16.9. The molecule has 0 aromatic heterocycles. The Labute approximate surface area is 125 Å². The molecule has 0 amide bonds. The molecule has 1 unspecified atom stereocenters. The molecule has 3 aromatic carbocycles. The Morgan fingerprint density at radius 1 is 0.762 bits per heavy atom. The van der Waals surface area contributed by atoms with E-state index in [0.717, 1.165) is 0 Å². The van der Waals surface area contributed by atoms with Crippen molar-refractivity contribution in [3.05, 3.63) is 77.4 Å². The number of allylic oxidation sites excluding steroid dienone is 1. The number of rotatable bonds is 1. The van der Waals surface area contributed by atoms with E-state index < -0.39 is 0 Å². The molecule has 0 radical (unpaired) electrons. The van der Waals surface area contributed by atoms with Crippen LogP contribution in [0.3, 0.4) is 0 Å². The van der Waals surface area contributed by atoms with Crippen molar-refractivity contribution >= 4 is 16.8 Å². The van der Waals surface area contributed by atoms with Crippen molar-refractivity contribution in [2.24, 2.45) is 0 Å². The highest BCUT2D eigenvalue weighted by Crippen LogP contribution is 2.42. The first kappa shape index (κ1) is 12.4. The van der Waals surface area contributed by atoms with E-state index in [4.69, 9.17) is 0 Å². The Hall–Kier alpha value is -2.34. The van der Waals surface area contributed by atoms with Gasteiger partial charge in [-0.05, 0) is 39.9 Å². The van der Waals surface area contributed by atoms with Gasteiger partial charge in [0.05, 0.1) is 0 Å². The summed E-state index contributed by atoms with van der Waals surface area (Å²) < 4.78 is 0. The molecule has 0 nitrogen and oxygen atoms in total.